The SMILES string of the molecule is CC(C)CC[C@H](c1ccc(C(=O)O)cc1)N1C(=O)C(N2CCC(c3ccccc3)CC2)=NC12CCC(C(C)(C)C)CC2. The van der Waals surface area contributed by atoms with Crippen LogP contribution in [0.3, 0.4) is 0 Å². The van der Waals surface area contributed by atoms with Crippen molar-refractivity contribution >= 4 is 17.7 Å². The summed E-state index contributed by atoms with van der Waals surface area (Å²) >= 11 is 0. The van der Waals surface area contributed by atoms with E-state index in [1.807, 2.05) is 12.1 Å². The summed E-state index contributed by atoms with van der Waals surface area (Å²) in [5.41, 5.74) is 2.34. The molecule has 1 saturated carbocycles. The monoisotopic (exact) mass is 571 g/mol. The number of amidine groups is 1. The number of nitrogens with zero attached hydrogens (tertiary/aromatic N) is 3. The van der Waals surface area contributed by atoms with Crippen molar-refractivity contribution in [1.82, 2.24) is 9.80 Å². The van der Waals surface area contributed by atoms with Crippen LogP contribution in [-0.4, -0.2) is 51.4 Å². The van der Waals surface area contributed by atoms with Crippen molar-refractivity contribution < 1.29 is 14.7 Å². The van der Waals surface area contributed by atoms with Gasteiger partial charge >= 0.3 is 5.97 Å². The molecule has 1 spiro atoms. The average Bonchev–Trinajstić information content (AvgIpc) is 3.24. The van der Waals surface area contributed by atoms with Gasteiger partial charge in [-0.25, -0.2) is 9.79 Å². The second-order valence-corrected chi connectivity index (χ2v) is 14.3. The summed E-state index contributed by atoms with van der Waals surface area (Å²) in [6.45, 7) is 13.1. The molecule has 0 radical (unpaired) electrons. The fourth-order valence-electron chi connectivity index (χ4n) is 7.47. The lowest BCUT2D eigenvalue weighted by molar-refractivity contribution is -0.134. The fourth-order valence-corrected chi connectivity index (χ4v) is 7.47. The van der Waals surface area contributed by atoms with Crippen LogP contribution in [-0.2, 0) is 4.79 Å². The average molecular weight is 572 g/mol. The van der Waals surface area contributed by atoms with E-state index in [4.69, 9.17) is 4.99 Å². The van der Waals surface area contributed by atoms with Crippen molar-refractivity contribution in [1.29, 1.82) is 0 Å². The van der Waals surface area contributed by atoms with E-state index in [9.17, 15) is 14.7 Å². The molecule has 1 amide bonds. The summed E-state index contributed by atoms with van der Waals surface area (Å²) in [5, 5.41) is 9.52. The predicted molar refractivity (Wildman–Crippen MR) is 169 cm³/mol. The summed E-state index contributed by atoms with van der Waals surface area (Å²) in [6.07, 6.45) is 7.69. The number of carbonyl (C=O) groups excluding carboxylic acids is 1. The van der Waals surface area contributed by atoms with Crippen LogP contribution in [0.5, 0.6) is 0 Å². The van der Waals surface area contributed by atoms with Crippen molar-refractivity contribution in [2.45, 2.75) is 104 Å². The Morgan fingerprint density at radius 1 is 0.952 bits per heavy atom. The Morgan fingerprint density at radius 2 is 1.57 bits per heavy atom. The Kier molecular flexibility index (Phi) is 8.82. The number of piperidine rings is 1. The molecule has 2 aliphatic heterocycles. The minimum Gasteiger partial charge on any atom is -0.478 e. The largest absolute Gasteiger partial charge is 0.478 e. The molecule has 5 rings (SSSR count). The minimum atomic E-state index is -0.931. The molecule has 2 aromatic carbocycles. The van der Waals surface area contributed by atoms with E-state index in [0.29, 0.717) is 23.6 Å². The van der Waals surface area contributed by atoms with Gasteiger partial charge in [0.05, 0.1) is 11.6 Å². The highest BCUT2D eigenvalue weighted by molar-refractivity contribution is 6.39. The summed E-state index contributed by atoms with van der Waals surface area (Å²) in [4.78, 5) is 36.0. The third kappa shape index (κ3) is 6.28. The third-order valence-electron chi connectivity index (χ3n) is 10.1. The molecule has 3 aliphatic rings. The topological polar surface area (TPSA) is 73.2 Å². The second-order valence-electron chi connectivity index (χ2n) is 14.3. The fraction of sp³-hybridized carbons (Fsp3) is 0.583. The number of aromatic carboxylic acids is 1. The Labute approximate surface area is 252 Å². The molecule has 6 nitrogen and oxygen atoms in total. The van der Waals surface area contributed by atoms with Gasteiger partial charge in [0, 0.05) is 13.1 Å². The van der Waals surface area contributed by atoms with Gasteiger partial charge in [0.1, 0.15) is 5.66 Å². The zero-order chi connectivity index (χ0) is 30.1. The first-order chi connectivity index (χ1) is 20.0. The number of hydrogen-bond donors (Lipinski definition) is 1. The van der Waals surface area contributed by atoms with Crippen LogP contribution >= 0.6 is 0 Å². The van der Waals surface area contributed by atoms with Crippen LogP contribution < -0.4 is 0 Å². The molecule has 6 heteroatoms. The summed E-state index contributed by atoms with van der Waals surface area (Å²) in [6, 6.07) is 17.8. The molecule has 1 N–H and O–H groups in total. The van der Waals surface area contributed by atoms with Crippen LogP contribution in [0, 0.1) is 17.3 Å². The number of hydrogen-bond acceptors (Lipinski definition) is 4. The van der Waals surface area contributed by atoms with Crippen LogP contribution in [0.2, 0.25) is 0 Å². The Morgan fingerprint density at radius 3 is 2.12 bits per heavy atom. The first-order valence-corrected chi connectivity index (χ1v) is 16.0. The second kappa shape index (κ2) is 12.2. The molecular weight excluding hydrogens is 522 g/mol. The zero-order valence-corrected chi connectivity index (χ0v) is 26.2. The highest BCUT2D eigenvalue weighted by atomic mass is 16.4. The zero-order valence-electron chi connectivity index (χ0n) is 26.2. The van der Waals surface area contributed by atoms with Gasteiger partial charge in [0.15, 0.2) is 5.84 Å². The lowest BCUT2D eigenvalue weighted by atomic mass is 9.69. The molecule has 2 aromatic rings. The van der Waals surface area contributed by atoms with Crippen LogP contribution in [0.15, 0.2) is 59.6 Å². The van der Waals surface area contributed by atoms with Crippen molar-refractivity contribution in [3.05, 3.63) is 71.3 Å². The number of rotatable bonds is 7. The quantitative estimate of drug-likeness (QED) is 0.366. The standard InChI is InChI=1S/C36H49N3O3/c1-25(2)11-16-31(28-12-14-29(15-13-28)34(41)42)39-33(40)32(37-36(39)21-17-30(18-22-36)35(3,4)5)38-23-19-27(20-24-38)26-9-7-6-8-10-26/h6-10,12-15,25,27,30-31H,11,16-24H2,1-5H3,(H,41,42)/t30?,31-,36?/m1/s1. The van der Waals surface area contributed by atoms with Crippen LogP contribution in [0.25, 0.3) is 0 Å². The minimum absolute atomic E-state index is 0.0541. The first-order valence-electron chi connectivity index (χ1n) is 16.0. The first kappa shape index (κ1) is 30.3. The predicted octanol–water partition coefficient (Wildman–Crippen LogP) is 7.92. The summed E-state index contributed by atoms with van der Waals surface area (Å²) in [7, 11) is 0. The molecule has 0 aromatic heterocycles. The van der Waals surface area contributed by atoms with Gasteiger partial charge in [-0.05, 0) is 97.8 Å². The van der Waals surface area contributed by atoms with Crippen LogP contribution in [0.4, 0.5) is 0 Å². The lowest BCUT2D eigenvalue weighted by Crippen LogP contribution is -2.52. The number of amides is 1. The van der Waals surface area contributed by atoms with E-state index in [2.05, 4.69) is 74.8 Å². The molecule has 0 unspecified atom stereocenters. The van der Waals surface area contributed by atoms with Crippen molar-refractivity contribution in [3.8, 4) is 0 Å². The van der Waals surface area contributed by atoms with Gasteiger partial charge in [0.25, 0.3) is 5.91 Å². The molecule has 42 heavy (non-hydrogen) atoms. The molecule has 1 saturated heterocycles. The van der Waals surface area contributed by atoms with Gasteiger partial charge in [0.2, 0.25) is 0 Å². The number of carbonyl (C=O) groups is 2. The van der Waals surface area contributed by atoms with Crippen molar-refractivity contribution in [3.63, 3.8) is 0 Å². The van der Waals surface area contributed by atoms with Crippen molar-refractivity contribution in [2.75, 3.05) is 13.1 Å². The lowest BCUT2D eigenvalue weighted by Gasteiger charge is -2.47. The number of benzene rings is 2. The Bertz CT molecular complexity index is 1260. The van der Waals surface area contributed by atoms with E-state index in [0.717, 1.165) is 70.0 Å². The van der Waals surface area contributed by atoms with E-state index in [1.165, 1.54) is 5.56 Å². The normalized spacial score (nSPS) is 24.4. The molecule has 1 aliphatic carbocycles. The van der Waals surface area contributed by atoms with Gasteiger partial charge < -0.3 is 14.9 Å². The Balaban J connectivity index is 1.46. The highest BCUT2D eigenvalue weighted by Crippen LogP contribution is 2.50. The summed E-state index contributed by atoms with van der Waals surface area (Å²) in [5.74, 6) is 1.38. The molecule has 226 valence electrons. The van der Waals surface area contributed by atoms with E-state index in [-0.39, 0.29) is 22.9 Å². The smallest absolute Gasteiger partial charge is 0.335 e. The van der Waals surface area contributed by atoms with E-state index >= 15 is 0 Å². The third-order valence-corrected chi connectivity index (χ3v) is 10.1. The van der Waals surface area contributed by atoms with Gasteiger partial charge in [-0.15, -0.1) is 0 Å². The molecule has 2 heterocycles. The number of carboxylic acid groups (broad SMARTS) is 1. The maximum Gasteiger partial charge on any atom is 0.335 e. The number of carboxylic acids is 1. The van der Waals surface area contributed by atoms with E-state index in [1.54, 1.807) is 12.1 Å². The number of aliphatic imine (C=N–C) groups is 1. The molecule has 1 atom stereocenters. The van der Waals surface area contributed by atoms with Gasteiger partial charge in [-0.3, -0.25) is 4.79 Å². The van der Waals surface area contributed by atoms with Gasteiger partial charge in [-0.2, -0.15) is 0 Å². The summed E-state index contributed by atoms with van der Waals surface area (Å²) < 4.78 is 0. The van der Waals surface area contributed by atoms with Crippen LogP contribution in [0.1, 0.15) is 119 Å². The van der Waals surface area contributed by atoms with Crippen molar-refractivity contribution in [2.24, 2.45) is 22.2 Å². The maximum atomic E-state index is 14.6. The molecule has 0 bridgehead atoms. The number of likely N-dealkylation sites (tertiary alicyclic amines) is 1. The maximum absolute atomic E-state index is 14.6. The molecule has 2 fully saturated rings. The highest BCUT2D eigenvalue weighted by Gasteiger charge is 2.53. The van der Waals surface area contributed by atoms with Gasteiger partial charge in [-0.1, -0.05) is 77.1 Å². The Hall–Kier alpha value is -3.15. The van der Waals surface area contributed by atoms with E-state index < -0.39 is 11.6 Å². The molecular formula is C36H49N3O3.